The van der Waals surface area contributed by atoms with Gasteiger partial charge in [-0.3, -0.25) is 4.99 Å². The molecule has 0 aromatic heterocycles. The van der Waals surface area contributed by atoms with Gasteiger partial charge in [0.05, 0.1) is 19.3 Å². The van der Waals surface area contributed by atoms with E-state index in [9.17, 15) is 0 Å². The summed E-state index contributed by atoms with van der Waals surface area (Å²) in [5, 5.41) is 6.62. The number of hydrogen-bond acceptors (Lipinski definition) is 3. The van der Waals surface area contributed by atoms with Crippen LogP contribution in [0.5, 0.6) is 0 Å². The molecule has 0 radical (unpaired) electrons. The molecule has 0 bridgehead atoms. The van der Waals surface area contributed by atoms with Crippen LogP contribution in [-0.4, -0.2) is 52.0 Å². The highest BCUT2D eigenvalue weighted by Crippen LogP contribution is 2.11. The molecular weight excluding hydrogens is 302 g/mol. The first-order valence-corrected chi connectivity index (χ1v) is 8.88. The number of benzene rings is 1. The van der Waals surface area contributed by atoms with Crippen molar-refractivity contribution >= 4 is 5.96 Å². The molecule has 0 saturated carbocycles. The third-order valence-corrected chi connectivity index (χ3v) is 4.08. The molecule has 1 saturated heterocycles. The molecule has 134 valence electrons. The molecule has 24 heavy (non-hydrogen) atoms. The van der Waals surface area contributed by atoms with Gasteiger partial charge in [-0.05, 0) is 38.7 Å². The third kappa shape index (κ3) is 6.89. The van der Waals surface area contributed by atoms with Gasteiger partial charge in [0, 0.05) is 26.7 Å². The van der Waals surface area contributed by atoms with Crippen molar-refractivity contribution in [3.8, 4) is 0 Å². The van der Waals surface area contributed by atoms with E-state index < -0.39 is 0 Å². The van der Waals surface area contributed by atoms with Crippen molar-refractivity contribution in [2.24, 2.45) is 4.99 Å². The summed E-state index contributed by atoms with van der Waals surface area (Å²) in [6, 6.07) is 6.68. The minimum atomic E-state index is 0.292. The van der Waals surface area contributed by atoms with Crippen molar-refractivity contribution in [2.45, 2.75) is 39.2 Å². The van der Waals surface area contributed by atoms with Gasteiger partial charge in [-0.2, -0.15) is 0 Å². The van der Waals surface area contributed by atoms with Crippen LogP contribution in [0.2, 0.25) is 0 Å². The maximum absolute atomic E-state index is 5.64. The Hall–Kier alpha value is -1.59. The van der Waals surface area contributed by atoms with Gasteiger partial charge in [0.2, 0.25) is 0 Å². The van der Waals surface area contributed by atoms with Crippen LogP contribution < -0.4 is 10.6 Å². The Labute approximate surface area is 145 Å². The van der Waals surface area contributed by atoms with Crippen molar-refractivity contribution in [3.05, 3.63) is 34.9 Å². The third-order valence-electron chi connectivity index (χ3n) is 4.08. The summed E-state index contributed by atoms with van der Waals surface area (Å²) in [5.74, 6) is 0.820. The number of hydrogen-bond donors (Lipinski definition) is 2. The van der Waals surface area contributed by atoms with Gasteiger partial charge in [0.1, 0.15) is 0 Å². The topological polar surface area (TPSA) is 54.9 Å². The molecule has 2 rings (SSSR count). The van der Waals surface area contributed by atoms with Crippen LogP contribution in [-0.2, 0) is 15.9 Å². The van der Waals surface area contributed by atoms with Crippen molar-refractivity contribution in [2.75, 3.05) is 40.0 Å². The molecule has 2 N–H and O–H groups in total. The van der Waals surface area contributed by atoms with E-state index in [0.717, 1.165) is 44.9 Å². The maximum Gasteiger partial charge on any atom is 0.191 e. The number of aliphatic imine (C=N–C) groups is 1. The highest BCUT2D eigenvalue weighted by molar-refractivity contribution is 5.79. The standard InChI is InChI=1S/C19H31N3O2/c1-15-11-16(2)13-17(12-15)6-7-21-19(20-3)22-8-10-23-14-18-5-4-9-24-18/h11-13,18H,4-10,14H2,1-3H3,(H2,20,21,22). The van der Waals surface area contributed by atoms with Gasteiger partial charge in [-0.15, -0.1) is 0 Å². The van der Waals surface area contributed by atoms with Crippen molar-refractivity contribution in [3.63, 3.8) is 0 Å². The van der Waals surface area contributed by atoms with Crippen LogP contribution in [0.1, 0.15) is 29.5 Å². The molecule has 0 amide bonds. The largest absolute Gasteiger partial charge is 0.377 e. The van der Waals surface area contributed by atoms with E-state index in [1.165, 1.54) is 16.7 Å². The summed E-state index contributed by atoms with van der Waals surface area (Å²) in [4.78, 5) is 4.24. The second-order valence-corrected chi connectivity index (χ2v) is 6.38. The van der Waals surface area contributed by atoms with Crippen LogP contribution >= 0.6 is 0 Å². The fourth-order valence-corrected chi connectivity index (χ4v) is 2.99. The Morgan fingerprint density at radius 3 is 2.62 bits per heavy atom. The van der Waals surface area contributed by atoms with Gasteiger partial charge in [-0.1, -0.05) is 29.3 Å². The Morgan fingerprint density at radius 1 is 1.21 bits per heavy atom. The number of ether oxygens (including phenoxy) is 2. The average molecular weight is 333 g/mol. The molecule has 5 heteroatoms. The molecular formula is C19H31N3O2. The van der Waals surface area contributed by atoms with Crippen molar-refractivity contribution in [1.82, 2.24) is 10.6 Å². The highest BCUT2D eigenvalue weighted by atomic mass is 16.5. The number of nitrogens with one attached hydrogen (secondary N) is 2. The van der Waals surface area contributed by atoms with Crippen LogP contribution in [0, 0.1) is 13.8 Å². The number of aryl methyl sites for hydroxylation is 2. The fourth-order valence-electron chi connectivity index (χ4n) is 2.99. The quantitative estimate of drug-likeness (QED) is 0.435. The predicted molar refractivity (Wildman–Crippen MR) is 98.8 cm³/mol. The Morgan fingerprint density at radius 2 is 1.96 bits per heavy atom. The van der Waals surface area contributed by atoms with Crippen LogP contribution in [0.25, 0.3) is 0 Å². The van der Waals surface area contributed by atoms with Crippen molar-refractivity contribution < 1.29 is 9.47 Å². The van der Waals surface area contributed by atoms with Gasteiger partial charge in [-0.25, -0.2) is 0 Å². The smallest absolute Gasteiger partial charge is 0.191 e. The summed E-state index contributed by atoms with van der Waals surface area (Å²) in [7, 11) is 1.79. The minimum Gasteiger partial charge on any atom is -0.377 e. The van der Waals surface area contributed by atoms with E-state index in [1.807, 2.05) is 0 Å². The molecule has 1 heterocycles. The van der Waals surface area contributed by atoms with E-state index >= 15 is 0 Å². The first-order chi connectivity index (χ1) is 11.7. The van der Waals surface area contributed by atoms with Gasteiger partial charge >= 0.3 is 0 Å². The second kappa shape index (κ2) is 10.3. The molecule has 5 nitrogen and oxygen atoms in total. The van der Waals surface area contributed by atoms with E-state index in [0.29, 0.717) is 19.3 Å². The second-order valence-electron chi connectivity index (χ2n) is 6.38. The minimum absolute atomic E-state index is 0.292. The Bertz CT molecular complexity index is 505. The lowest BCUT2D eigenvalue weighted by Crippen LogP contribution is -2.40. The zero-order valence-electron chi connectivity index (χ0n) is 15.2. The molecule has 0 aliphatic carbocycles. The lowest BCUT2D eigenvalue weighted by molar-refractivity contribution is 0.0191. The maximum atomic E-state index is 5.64. The first kappa shape index (κ1) is 18.7. The predicted octanol–water partition coefficient (Wildman–Crippen LogP) is 2.21. The summed E-state index contributed by atoms with van der Waals surface area (Å²) >= 11 is 0. The first-order valence-electron chi connectivity index (χ1n) is 8.88. The molecule has 1 aliphatic heterocycles. The van der Waals surface area contributed by atoms with Gasteiger partial charge in [0.15, 0.2) is 5.96 Å². The zero-order chi connectivity index (χ0) is 17.2. The monoisotopic (exact) mass is 333 g/mol. The molecule has 1 aromatic rings. The van der Waals surface area contributed by atoms with Crippen LogP contribution in [0.4, 0.5) is 0 Å². The summed E-state index contributed by atoms with van der Waals surface area (Å²) in [5.41, 5.74) is 3.99. The normalized spacial score (nSPS) is 18.0. The van der Waals surface area contributed by atoms with E-state index in [4.69, 9.17) is 9.47 Å². The van der Waals surface area contributed by atoms with E-state index in [2.05, 4.69) is 47.7 Å². The summed E-state index contributed by atoms with van der Waals surface area (Å²) < 4.78 is 11.2. The van der Waals surface area contributed by atoms with E-state index in [1.54, 1.807) is 7.05 Å². The fraction of sp³-hybridized carbons (Fsp3) is 0.632. The summed E-state index contributed by atoms with van der Waals surface area (Å²) in [6.45, 7) is 8.12. The van der Waals surface area contributed by atoms with E-state index in [-0.39, 0.29) is 0 Å². The number of rotatable bonds is 8. The Kier molecular flexibility index (Phi) is 8.05. The molecule has 1 unspecified atom stereocenters. The number of nitrogens with zero attached hydrogens (tertiary/aromatic N) is 1. The summed E-state index contributed by atoms with van der Waals surface area (Å²) in [6.07, 6.45) is 3.55. The lowest BCUT2D eigenvalue weighted by atomic mass is 10.1. The Balaban J connectivity index is 1.58. The zero-order valence-corrected chi connectivity index (χ0v) is 15.2. The van der Waals surface area contributed by atoms with Crippen LogP contribution in [0.15, 0.2) is 23.2 Å². The van der Waals surface area contributed by atoms with Crippen LogP contribution in [0.3, 0.4) is 0 Å². The lowest BCUT2D eigenvalue weighted by Gasteiger charge is -2.13. The molecule has 1 fully saturated rings. The highest BCUT2D eigenvalue weighted by Gasteiger charge is 2.14. The number of guanidine groups is 1. The molecule has 1 atom stereocenters. The molecule has 0 spiro atoms. The SMILES string of the molecule is CN=C(NCCOCC1CCCO1)NCCc1cc(C)cc(C)c1. The molecule has 1 aliphatic rings. The van der Waals surface area contributed by atoms with Gasteiger partial charge in [0.25, 0.3) is 0 Å². The van der Waals surface area contributed by atoms with Crippen molar-refractivity contribution in [1.29, 1.82) is 0 Å². The van der Waals surface area contributed by atoms with Gasteiger partial charge < -0.3 is 20.1 Å². The molecule has 1 aromatic carbocycles. The average Bonchev–Trinajstić information content (AvgIpc) is 3.05.